The minimum absolute atomic E-state index is 0.0604. The molecule has 13 heteroatoms. The number of carbonyl (C=O) groups is 1. The molecule has 0 unspecified atom stereocenters. The Labute approximate surface area is 276 Å². The molecule has 0 spiro atoms. The number of rotatable bonds is 7. The van der Waals surface area contributed by atoms with Crippen molar-refractivity contribution in [2.45, 2.75) is 69.6 Å². The van der Waals surface area contributed by atoms with Gasteiger partial charge >= 0.3 is 12.1 Å². The molecule has 3 aliphatic heterocycles. The molecule has 10 nitrogen and oxygen atoms in total. The molecule has 3 fully saturated rings. The number of benzene rings is 2. The third kappa shape index (κ3) is 5.61. The molecule has 5 heterocycles. The van der Waals surface area contributed by atoms with E-state index in [0.29, 0.717) is 72.9 Å². The summed E-state index contributed by atoms with van der Waals surface area (Å²) >= 11 is 0. The number of carbonyl (C=O) groups excluding carboxylic acids is 1. The van der Waals surface area contributed by atoms with E-state index in [9.17, 15) is 18.7 Å². The number of nitrogens with one attached hydrogen (secondary N) is 1. The number of piperidine rings is 1. The largest absolute Gasteiger partial charge is 0.508 e. The molecular formula is C35H39F3N6O4. The van der Waals surface area contributed by atoms with Crippen LogP contribution in [0.4, 0.5) is 23.8 Å². The Balaban J connectivity index is 1.36. The van der Waals surface area contributed by atoms with Crippen LogP contribution in [0.5, 0.6) is 11.8 Å². The summed E-state index contributed by atoms with van der Waals surface area (Å²) in [6.45, 7) is 5.91. The van der Waals surface area contributed by atoms with Crippen molar-refractivity contribution in [1.29, 1.82) is 0 Å². The zero-order chi connectivity index (χ0) is 33.8. The molecule has 2 aromatic carbocycles. The lowest BCUT2D eigenvalue weighted by Gasteiger charge is -2.41. The summed E-state index contributed by atoms with van der Waals surface area (Å²) in [4.78, 5) is 30.1. The maximum absolute atomic E-state index is 16.9. The first-order chi connectivity index (χ1) is 23.0. The van der Waals surface area contributed by atoms with Gasteiger partial charge in [-0.05, 0) is 80.1 Å². The van der Waals surface area contributed by atoms with Gasteiger partial charge in [0.1, 0.15) is 41.4 Å². The highest BCUT2D eigenvalue weighted by Gasteiger charge is 2.49. The number of alkyl carbamates (subject to hydrolysis) is 1. The van der Waals surface area contributed by atoms with Crippen LogP contribution in [0.2, 0.25) is 0 Å². The molecular weight excluding hydrogens is 625 g/mol. The van der Waals surface area contributed by atoms with E-state index in [1.54, 1.807) is 6.07 Å². The number of phenolic OH excluding ortho intramolecular Hbond substituents is 1. The van der Waals surface area contributed by atoms with Gasteiger partial charge in [0.2, 0.25) is 0 Å². The Hall–Kier alpha value is -4.39. The maximum atomic E-state index is 16.9. The molecule has 3 aliphatic rings. The number of phenols is 1. The molecule has 0 radical (unpaired) electrons. The van der Waals surface area contributed by atoms with Gasteiger partial charge in [0.15, 0.2) is 5.82 Å². The number of fused-ring (bicyclic) bond motifs is 3. The smallest absolute Gasteiger partial charge is 0.407 e. The fraction of sp³-hybridized carbons (Fsp3) is 0.486. The van der Waals surface area contributed by atoms with Gasteiger partial charge in [-0.15, -0.1) is 0 Å². The van der Waals surface area contributed by atoms with Crippen LogP contribution in [0.25, 0.3) is 32.9 Å². The van der Waals surface area contributed by atoms with Crippen molar-refractivity contribution in [3.8, 4) is 23.0 Å². The fourth-order valence-corrected chi connectivity index (χ4v) is 8.01. The third-order valence-electron chi connectivity index (χ3n) is 10.2. The molecule has 0 saturated carbocycles. The zero-order valence-corrected chi connectivity index (χ0v) is 27.3. The molecule has 3 saturated heterocycles. The van der Waals surface area contributed by atoms with Crippen molar-refractivity contribution in [3.05, 3.63) is 47.7 Å². The second-order valence-corrected chi connectivity index (χ2v) is 13.6. The van der Waals surface area contributed by atoms with Gasteiger partial charge in [0.25, 0.3) is 0 Å². The number of hydrogen-bond acceptors (Lipinski definition) is 9. The minimum Gasteiger partial charge on any atom is -0.508 e. The van der Waals surface area contributed by atoms with E-state index >= 15 is 4.39 Å². The van der Waals surface area contributed by atoms with Crippen molar-refractivity contribution in [2.75, 3.05) is 44.8 Å². The van der Waals surface area contributed by atoms with E-state index in [1.165, 1.54) is 31.5 Å². The summed E-state index contributed by atoms with van der Waals surface area (Å²) in [6, 6.07) is 5.71. The van der Waals surface area contributed by atoms with E-state index in [0.717, 1.165) is 19.4 Å². The van der Waals surface area contributed by atoms with Crippen molar-refractivity contribution in [3.63, 3.8) is 0 Å². The number of pyridine rings is 1. The highest BCUT2D eigenvalue weighted by atomic mass is 19.1. The Kier molecular flexibility index (Phi) is 8.21. The molecule has 4 aromatic rings. The first-order valence-electron chi connectivity index (χ1n) is 16.5. The normalized spacial score (nSPS) is 24.3. The number of alkyl halides is 1. The number of anilines is 1. The summed E-state index contributed by atoms with van der Waals surface area (Å²) in [5, 5.41) is 14.8. The second kappa shape index (κ2) is 12.2. The zero-order valence-electron chi connectivity index (χ0n) is 27.3. The lowest BCUT2D eigenvalue weighted by molar-refractivity contribution is 0.107. The molecule has 2 aromatic heterocycles. The molecule has 1 amide bonds. The van der Waals surface area contributed by atoms with Gasteiger partial charge in [0, 0.05) is 37.8 Å². The number of aromatic nitrogens is 3. The van der Waals surface area contributed by atoms with Crippen LogP contribution in [-0.2, 0) is 11.2 Å². The fourth-order valence-electron chi connectivity index (χ4n) is 8.01. The number of methoxy groups -OCH3 is 1. The quantitative estimate of drug-likeness (QED) is 0.244. The minimum atomic E-state index is -0.948. The van der Waals surface area contributed by atoms with Crippen LogP contribution in [-0.4, -0.2) is 88.2 Å². The van der Waals surface area contributed by atoms with Crippen molar-refractivity contribution >= 4 is 33.6 Å². The van der Waals surface area contributed by atoms with Gasteiger partial charge in [-0.25, -0.2) is 18.0 Å². The van der Waals surface area contributed by atoms with Gasteiger partial charge < -0.3 is 24.8 Å². The van der Waals surface area contributed by atoms with E-state index in [1.807, 2.05) is 18.7 Å². The lowest BCUT2D eigenvalue weighted by atomic mass is 9.91. The molecule has 7 rings (SSSR count). The first kappa shape index (κ1) is 32.2. The Morgan fingerprint density at radius 1 is 1.17 bits per heavy atom. The highest BCUT2D eigenvalue weighted by molar-refractivity contribution is 6.01. The summed E-state index contributed by atoms with van der Waals surface area (Å²) in [5.41, 5.74) is -0.696. The van der Waals surface area contributed by atoms with Gasteiger partial charge in [0.05, 0.1) is 23.6 Å². The molecule has 0 aliphatic carbocycles. The van der Waals surface area contributed by atoms with E-state index in [-0.39, 0.29) is 35.1 Å². The van der Waals surface area contributed by atoms with Gasteiger partial charge in [-0.1, -0.05) is 13.0 Å². The Morgan fingerprint density at radius 2 is 1.98 bits per heavy atom. The molecule has 0 bridgehead atoms. The van der Waals surface area contributed by atoms with E-state index in [4.69, 9.17) is 14.5 Å². The molecule has 2 N–H and O–H groups in total. The summed E-state index contributed by atoms with van der Waals surface area (Å²) < 4.78 is 57.5. The van der Waals surface area contributed by atoms with Crippen molar-refractivity contribution in [2.24, 2.45) is 0 Å². The molecule has 48 heavy (non-hydrogen) atoms. The number of ether oxygens (including phenoxy) is 2. The Morgan fingerprint density at radius 3 is 2.77 bits per heavy atom. The number of aromatic hydroxyl groups is 1. The van der Waals surface area contributed by atoms with Crippen LogP contribution in [0.3, 0.4) is 0 Å². The summed E-state index contributed by atoms with van der Waals surface area (Å²) in [7, 11) is 1.31. The van der Waals surface area contributed by atoms with Gasteiger partial charge in [-0.2, -0.15) is 9.97 Å². The standard InChI is InChI=1S/C35H39F3N6O4/c1-4-23-26(37)8-7-20-13-22(45)14-24(27(20)23)29-28(38)30-25(16-39-29)31(43-11-5-9-34(2,18-43)42-33(46)47-3)41-32(40-30)48-19-35-10-6-12-44(35)17-21(36)15-35/h7-8,13-14,16,21,45H,4-6,9-12,15,17-19H2,1-3H3,(H,42,46)/t21-,34-,35+/m1/s1. The predicted octanol–water partition coefficient (Wildman–Crippen LogP) is 6.06. The first-order valence-corrected chi connectivity index (χ1v) is 16.5. The van der Waals surface area contributed by atoms with Crippen LogP contribution in [0, 0.1) is 11.6 Å². The summed E-state index contributed by atoms with van der Waals surface area (Å²) in [5.74, 6) is -0.956. The monoisotopic (exact) mass is 664 g/mol. The second-order valence-electron chi connectivity index (χ2n) is 13.6. The molecule has 254 valence electrons. The summed E-state index contributed by atoms with van der Waals surface area (Å²) in [6.07, 6.45) is 3.76. The topological polar surface area (TPSA) is 113 Å². The highest BCUT2D eigenvalue weighted by Crippen LogP contribution is 2.42. The van der Waals surface area contributed by atoms with Crippen LogP contribution in [0.15, 0.2) is 30.5 Å². The number of hydrogen-bond donors (Lipinski definition) is 2. The van der Waals surface area contributed by atoms with Crippen LogP contribution >= 0.6 is 0 Å². The SMILES string of the molecule is CCc1c(F)ccc2cc(O)cc(-c3ncc4c(N5CCC[C@@](C)(NC(=O)OC)C5)nc(OC[C@@]56CCCN5C[C@H](F)C6)nc4c3F)c12. The number of amides is 1. The van der Waals surface area contributed by atoms with Gasteiger partial charge in [-0.3, -0.25) is 9.88 Å². The number of aryl methyl sites for hydroxylation is 1. The third-order valence-corrected chi connectivity index (χ3v) is 10.2. The number of halogens is 3. The average Bonchev–Trinajstić information content (AvgIpc) is 3.59. The van der Waals surface area contributed by atoms with E-state index in [2.05, 4.69) is 20.2 Å². The lowest BCUT2D eigenvalue weighted by Crippen LogP contribution is -2.57. The number of nitrogens with zero attached hydrogens (tertiary/aromatic N) is 5. The van der Waals surface area contributed by atoms with Crippen molar-refractivity contribution in [1.82, 2.24) is 25.2 Å². The van der Waals surface area contributed by atoms with Crippen molar-refractivity contribution < 1.29 is 32.5 Å². The van der Waals surface area contributed by atoms with Crippen LogP contribution in [0.1, 0.15) is 51.5 Å². The Bertz CT molecular complexity index is 1910. The predicted molar refractivity (Wildman–Crippen MR) is 175 cm³/mol. The maximum Gasteiger partial charge on any atom is 0.407 e. The molecule has 3 atom stereocenters. The van der Waals surface area contributed by atoms with Crippen LogP contribution < -0.4 is 15.0 Å². The average molecular weight is 665 g/mol. The van der Waals surface area contributed by atoms with E-state index < -0.39 is 35.0 Å².